The highest BCUT2D eigenvalue weighted by Crippen LogP contribution is 2.60. The molecule has 0 bridgehead atoms. The van der Waals surface area contributed by atoms with Crippen LogP contribution in [0, 0.1) is 11.3 Å². The quantitative estimate of drug-likeness (QED) is 0.763. The van der Waals surface area contributed by atoms with Gasteiger partial charge in [-0.1, -0.05) is 6.92 Å². The largest absolute Gasteiger partial charge is 0.313 e. The third-order valence-corrected chi connectivity index (χ3v) is 5.21. The van der Waals surface area contributed by atoms with E-state index < -0.39 is 0 Å². The molecule has 0 spiro atoms. The topological polar surface area (TPSA) is 15.3 Å². The van der Waals surface area contributed by atoms with Crippen molar-refractivity contribution < 1.29 is 0 Å². The molecule has 3 fully saturated rings. The molecular weight excluding hydrogens is 208 g/mol. The molecule has 2 heteroatoms. The molecule has 2 nitrogen and oxygen atoms in total. The van der Waals surface area contributed by atoms with Crippen LogP contribution in [0.1, 0.15) is 51.9 Å². The summed E-state index contributed by atoms with van der Waals surface area (Å²) in [5.41, 5.74) is 0.778. The highest BCUT2D eigenvalue weighted by molar-refractivity contribution is 5.05. The molecule has 0 atom stereocenters. The summed E-state index contributed by atoms with van der Waals surface area (Å²) in [7, 11) is 0. The maximum atomic E-state index is 3.88. The smallest absolute Gasteiger partial charge is 0.00916 e. The molecule has 0 aromatic heterocycles. The highest BCUT2D eigenvalue weighted by atomic mass is 15.1. The van der Waals surface area contributed by atoms with Crippen LogP contribution >= 0.6 is 0 Å². The van der Waals surface area contributed by atoms with Crippen molar-refractivity contribution >= 4 is 0 Å². The zero-order valence-corrected chi connectivity index (χ0v) is 11.4. The van der Waals surface area contributed by atoms with Gasteiger partial charge < -0.3 is 10.2 Å². The molecule has 0 aromatic carbocycles. The van der Waals surface area contributed by atoms with Gasteiger partial charge in [0.15, 0.2) is 0 Å². The molecule has 1 heterocycles. The molecule has 2 aliphatic carbocycles. The Balaban J connectivity index is 1.36. The Bertz CT molecular complexity index is 248. The molecule has 17 heavy (non-hydrogen) atoms. The van der Waals surface area contributed by atoms with Crippen molar-refractivity contribution in [3.05, 3.63) is 0 Å². The lowest BCUT2D eigenvalue weighted by molar-refractivity contribution is 0.192. The fourth-order valence-corrected chi connectivity index (χ4v) is 3.61. The van der Waals surface area contributed by atoms with Crippen LogP contribution in [0.15, 0.2) is 0 Å². The number of hydrogen-bond acceptors (Lipinski definition) is 2. The summed E-state index contributed by atoms with van der Waals surface area (Å²) in [6.45, 7) is 7.57. The van der Waals surface area contributed by atoms with Crippen molar-refractivity contribution in [3.8, 4) is 0 Å². The highest BCUT2D eigenvalue weighted by Gasteiger charge is 2.53. The van der Waals surface area contributed by atoms with Gasteiger partial charge in [0.05, 0.1) is 0 Å². The summed E-state index contributed by atoms with van der Waals surface area (Å²) in [6.07, 6.45) is 10.1. The predicted molar refractivity (Wildman–Crippen MR) is 72.1 cm³/mol. The lowest BCUT2D eigenvalue weighted by Gasteiger charge is -2.33. The predicted octanol–water partition coefficient (Wildman–Crippen LogP) is 2.64. The first-order valence-electron chi connectivity index (χ1n) is 7.78. The van der Waals surface area contributed by atoms with E-state index in [4.69, 9.17) is 0 Å². The van der Waals surface area contributed by atoms with Gasteiger partial charge in [0.2, 0.25) is 0 Å². The summed E-state index contributed by atoms with van der Waals surface area (Å²) < 4.78 is 0. The molecule has 0 unspecified atom stereocenters. The van der Waals surface area contributed by atoms with Gasteiger partial charge in [-0.25, -0.2) is 0 Å². The Hall–Kier alpha value is -0.0800. The first kappa shape index (κ1) is 12.0. The monoisotopic (exact) mass is 236 g/mol. The van der Waals surface area contributed by atoms with Gasteiger partial charge in [-0.05, 0) is 75.9 Å². The normalized spacial score (nSPS) is 29.5. The van der Waals surface area contributed by atoms with Gasteiger partial charge in [-0.2, -0.15) is 0 Å². The minimum Gasteiger partial charge on any atom is -0.313 e. The van der Waals surface area contributed by atoms with Gasteiger partial charge in [0.1, 0.15) is 0 Å². The van der Waals surface area contributed by atoms with E-state index in [9.17, 15) is 0 Å². The van der Waals surface area contributed by atoms with Crippen LogP contribution in [0.25, 0.3) is 0 Å². The number of nitrogens with one attached hydrogen (secondary N) is 1. The van der Waals surface area contributed by atoms with E-state index >= 15 is 0 Å². The standard InChI is InChI=1S/C15H28N2/c1-2-9-17-10-5-14(6-11-17)16-12-15(7-8-15)13-3-4-13/h13-14,16H,2-12H2,1H3. The van der Waals surface area contributed by atoms with Gasteiger partial charge in [0, 0.05) is 12.6 Å². The van der Waals surface area contributed by atoms with E-state index in [1.807, 2.05) is 0 Å². The van der Waals surface area contributed by atoms with Crippen LogP contribution in [0.2, 0.25) is 0 Å². The molecule has 0 amide bonds. The number of rotatable bonds is 6. The molecule has 3 rings (SSSR count). The second-order valence-electron chi connectivity index (χ2n) is 6.63. The average Bonchev–Trinajstić information content (AvgIpc) is 3.21. The summed E-state index contributed by atoms with van der Waals surface area (Å²) in [5, 5.41) is 3.88. The summed E-state index contributed by atoms with van der Waals surface area (Å²) in [6, 6.07) is 0.819. The first-order valence-corrected chi connectivity index (χ1v) is 7.78. The molecule has 2 saturated carbocycles. The SMILES string of the molecule is CCCN1CCC(NCC2(C3CC3)CC2)CC1. The maximum Gasteiger partial charge on any atom is 0.00916 e. The average molecular weight is 236 g/mol. The maximum absolute atomic E-state index is 3.88. The minimum atomic E-state index is 0.778. The van der Waals surface area contributed by atoms with Crippen LogP contribution in [-0.4, -0.2) is 37.1 Å². The van der Waals surface area contributed by atoms with Crippen LogP contribution in [-0.2, 0) is 0 Å². The molecule has 98 valence electrons. The van der Waals surface area contributed by atoms with Crippen LogP contribution in [0.3, 0.4) is 0 Å². The molecule has 3 aliphatic rings. The molecule has 0 radical (unpaired) electrons. The van der Waals surface area contributed by atoms with Gasteiger partial charge >= 0.3 is 0 Å². The Morgan fingerprint density at radius 2 is 1.82 bits per heavy atom. The lowest BCUT2D eigenvalue weighted by Crippen LogP contribution is -2.44. The molecule has 1 aliphatic heterocycles. The van der Waals surface area contributed by atoms with Crippen molar-refractivity contribution in [2.24, 2.45) is 11.3 Å². The fourth-order valence-electron chi connectivity index (χ4n) is 3.61. The zero-order valence-electron chi connectivity index (χ0n) is 11.4. The molecule has 1 saturated heterocycles. The number of nitrogens with zero attached hydrogens (tertiary/aromatic N) is 1. The fraction of sp³-hybridized carbons (Fsp3) is 1.00. The third-order valence-electron chi connectivity index (χ3n) is 5.21. The van der Waals surface area contributed by atoms with E-state index in [0.717, 1.165) is 17.4 Å². The van der Waals surface area contributed by atoms with Crippen LogP contribution < -0.4 is 5.32 Å². The number of piperidine rings is 1. The summed E-state index contributed by atoms with van der Waals surface area (Å²) in [5.74, 6) is 1.11. The second-order valence-corrected chi connectivity index (χ2v) is 6.63. The van der Waals surface area contributed by atoms with Crippen molar-refractivity contribution in [2.45, 2.75) is 57.9 Å². The van der Waals surface area contributed by atoms with Crippen molar-refractivity contribution in [2.75, 3.05) is 26.2 Å². The summed E-state index contributed by atoms with van der Waals surface area (Å²) >= 11 is 0. The van der Waals surface area contributed by atoms with Crippen LogP contribution in [0.5, 0.6) is 0 Å². The Labute approximate surface area is 106 Å². The van der Waals surface area contributed by atoms with Crippen molar-refractivity contribution in [3.63, 3.8) is 0 Å². The van der Waals surface area contributed by atoms with Crippen molar-refractivity contribution in [1.82, 2.24) is 10.2 Å². The van der Waals surface area contributed by atoms with Gasteiger partial charge in [-0.3, -0.25) is 0 Å². The summed E-state index contributed by atoms with van der Waals surface area (Å²) in [4.78, 5) is 2.63. The number of hydrogen-bond donors (Lipinski definition) is 1. The van der Waals surface area contributed by atoms with E-state index in [2.05, 4.69) is 17.1 Å². The van der Waals surface area contributed by atoms with E-state index in [1.165, 1.54) is 71.1 Å². The lowest BCUT2D eigenvalue weighted by atomic mass is 9.98. The van der Waals surface area contributed by atoms with Crippen molar-refractivity contribution in [1.29, 1.82) is 0 Å². The molecular formula is C15H28N2. The Morgan fingerprint density at radius 3 is 2.35 bits per heavy atom. The zero-order chi connectivity index (χ0) is 11.7. The Morgan fingerprint density at radius 1 is 1.12 bits per heavy atom. The van der Waals surface area contributed by atoms with Crippen LogP contribution in [0.4, 0.5) is 0 Å². The third kappa shape index (κ3) is 2.85. The first-order chi connectivity index (χ1) is 8.32. The second kappa shape index (κ2) is 4.89. The van der Waals surface area contributed by atoms with E-state index in [0.29, 0.717) is 0 Å². The molecule has 0 aromatic rings. The van der Waals surface area contributed by atoms with E-state index in [1.54, 1.807) is 0 Å². The molecule has 1 N–H and O–H groups in total. The minimum absolute atomic E-state index is 0.778. The van der Waals surface area contributed by atoms with Gasteiger partial charge in [-0.15, -0.1) is 0 Å². The Kier molecular flexibility index (Phi) is 3.45. The number of likely N-dealkylation sites (tertiary alicyclic amines) is 1. The van der Waals surface area contributed by atoms with Gasteiger partial charge in [0.25, 0.3) is 0 Å². The van der Waals surface area contributed by atoms with E-state index in [-0.39, 0.29) is 0 Å².